The number of anilines is 1. The van der Waals surface area contributed by atoms with E-state index in [0.717, 1.165) is 10.2 Å². The van der Waals surface area contributed by atoms with Crippen LogP contribution in [0.25, 0.3) is 10.2 Å². The maximum atomic E-state index is 12.4. The number of thiazole rings is 1. The van der Waals surface area contributed by atoms with E-state index >= 15 is 0 Å². The number of aromatic nitrogens is 1. The van der Waals surface area contributed by atoms with Gasteiger partial charge in [0.15, 0.2) is 5.13 Å². The number of hydrogen-bond donors (Lipinski definition) is 1. The SMILES string of the molecule is COc1ccc(Cl)cc1C(=O)Nc1nc2cc(Cl)ccc2s1. The van der Waals surface area contributed by atoms with E-state index < -0.39 is 0 Å². The molecule has 0 aliphatic rings. The Morgan fingerprint density at radius 3 is 2.68 bits per heavy atom. The normalized spacial score (nSPS) is 10.7. The molecule has 3 rings (SSSR count). The van der Waals surface area contributed by atoms with Crippen LogP contribution >= 0.6 is 34.5 Å². The van der Waals surface area contributed by atoms with Crippen molar-refractivity contribution in [3.63, 3.8) is 0 Å². The van der Waals surface area contributed by atoms with Gasteiger partial charge in [-0.3, -0.25) is 10.1 Å². The van der Waals surface area contributed by atoms with Crippen molar-refractivity contribution in [2.45, 2.75) is 0 Å². The number of nitrogens with one attached hydrogen (secondary N) is 1. The summed E-state index contributed by atoms with van der Waals surface area (Å²) >= 11 is 13.2. The van der Waals surface area contributed by atoms with E-state index in [0.29, 0.717) is 26.5 Å². The van der Waals surface area contributed by atoms with Crippen molar-refractivity contribution in [3.8, 4) is 5.75 Å². The van der Waals surface area contributed by atoms with E-state index in [1.165, 1.54) is 18.4 Å². The topological polar surface area (TPSA) is 51.2 Å². The minimum absolute atomic E-state index is 0.329. The van der Waals surface area contributed by atoms with Gasteiger partial charge in [0.25, 0.3) is 5.91 Å². The van der Waals surface area contributed by atoms with E-state index in [1.54, 1.807) is 30.3 Å². The second kappa shape index (κ2) is 6.12. The predicted molar refractivity (Wildman–Crippen MR) is 90.6 cm³/mol. The summed E-state index contributed by atoms with van der Waals surface area (Å²) in [6, 6.07) is 10.3. The molecule has 3 aromatic rings. The van der Waals surface area contributed by atoms with Gasteiger partial charge in [0.2, 0.25) is 0 Å². The number of halogens is 2. The Bertz CT molecular complexity index is 864. The molecular weight excluding hydrogens is 343 g/mol. The van der Waals surface area contributed by atoms with Crippen molar-refractivity contribution in [3.05, 3.63) is 52.0 Å². The van der Waals surface area contributed by atoms with E-state index in [9.17, 15) is 4.79 Å². The fraction of sp³-hybridized carbons (Fsp3) is 0.0667. The second-order valence-electron chi connectivity index (χ2n) is 4.43. The highest BCUT2D eigenvalue weighted by Gasteiger charge is 2.15. The standard InChI is InChI=1S/C15H10Cl2N2O2S/c1-21-12-4-2-8(16)6-10(12)14(20)19-15-18-11-7-9(17)3-5-13(11)22-15/h2-7H,1H3,(H,18,19,20). The van der Waals surface area contributed by atoms with Crippen molar-refractivity contribution in [2.75, 3.05) is 12.4 Å². The van der Waals surface area contributed by atoms with Gasteiger partial charge < -0.3 is 4.74 Å². The van der Waals surface area contributed by atoms with Gasteiger partial charge in [-0.1, -0.05) is 34.5 Å². The number of hydrogen-bond acceptors (Lipinski definition) is 4. The first-order valence-electron chi connectivity index (χ1n) is 6.28. The molecule has 0 aliphatic heterocycles. The number of carbonyl (C=O) groups is 1. The van der Waals surface area contributed by atoms with E-state index in [4.69, 9.17) is 27.9 Å². The van der Waals surface area contributed by atoms with Crippen molar-refractivity contribution in [1.82, 2.24) is 4.98 Å². The van der Waals surface area contributed by atoms with Gasteiger partial charge in [0.05, 0.1) is 22.9 Å². The molecule has 2 aromatic carbocycles. The summed E-state index contributed by atoms with van der Waals surface area (Å²) in [5.41, 5.74) is 1.10. The van der Waals surface area contributed by atoms with Crippen molar-refractivity contribution < 1.29 is 9.53 Å². The lowest BCUT2D eigenvalue weighted by Gasteiger charge is -2.08. The smallest absolute Gasteiger partial charge is 0.261 e. The molecule has 0 fully saturated rings. The number of amides is 1. The van der Waals surface area contributed by atoms with Gasteiger partial charge in [-0.15, -0.1) is 0 Å². The summed E-state index contributed by atoms with van der Waals surface area (Å²) in [6.07, 6.45) is 0. The summed E-state index contributed by atoms with van der Waals surface area (Å²) in [5.74, 6) is 0.121. The highest BCUT2D eigenvalue weighted by atomic mass is 35.5. The fourth-order valence-corrected chi connectivity index (χ4v) is 3.16. The van der Waals surface area contributed by atoms with Gasteiger partial charge in [-0.25, -0.2) is 4.98 Å². The van der Waals surface area contributed by atoms with E-state index in [1.807, 2.05) is 6.07 Å². The third-order valence-corrected chi connectivity index (χ3v) is 4.40. The number of methoxy groups -OCH3 is 1. The van der Waals surface area contributed by atoms with E-state index in [2.05, 4.69) is 10.3 Å². The summed E-state index contributed by atoms with van der Waals surface area (Å²) in [7, 11) is 1.50. The lowest BCUT2D eigenvalue weighted by molar-refractivity contribution is 0.102. The first-order valence-corrected chi connectivity index (χ1v) is 7.85. The van der Waals surface area contributed by atoms with Crippen LogP contribution < -0.4 is 10.1 Å². The van der Waals surface area contributed by atoms with Crippen LogP contribution in [0.2, 0.25) is 10.0 Å². The number of carbonyl (C=O) groups excluding carboxylic acids is 1. The molecule has 1 N–H and O–H groups in total. The molecule has 0 radical (unpaired) electrons. The Kier molecular flexibility index (Phi) is 4.20. The molecule has 112 valence electrons. The summed E-state index contributed by atoms with van der Waals surface area (Å²) in [4.78, 5) is 16.7. The lowest BCUT2D eigenvalue weighted by atomic mass is 10.2. The molecule has 7 heteroatoms. The molecule has 0 aliphatic carbocycles. The van der Waals surface area contributed by atoms with Crippen molar-refractivity contribution >= 4 is 55.8 Å². The Morgan fingerprint density at radius 2 is 1.91 bits per heavy atom. The Morgan fingerprint density at radius 1 is 1.18 bits per heavy atom. The summed E-state index contributed by atoms with van der Waals surface area (Å²) in [5, 5.41) is 4.31. The zero-order valence-corrected chi connectivity index (χ0v) is 13.7. The molecule has 22 heavy (non-hydrogen) atoms. The second-order valence-corrected chi connectivity index (χ2v) is 6.33. The molecule has 0 saturated carbocycles. The molecule has 0 atom stereocenters. The van der Waals surface area contributed by atoms with Crippen LogP contribution in [0, 0.1) is 0 Å². The molecule has 0 spiro atoms. The van der Waals surface area contributed by atoms with Gasteiger partial charge in [0.1, 0.15) is 5.75 Å². The molecule has 1 heterocycles. The highest BCUT2D eigenvalue weighted by Crippen LogP contribution is 2.29. The number of ether oxygens (including phenoxy) is 1. The van der Waals surface area contributed by atoms with Crippen molar-refractivity contribution in [2.24, 2.45) is 0 Å². The molecule has 0 bridgehead atoms. The maximum Gasteiger partial charge on any atom is 0.261 e. The largest absolute Gasteiger partial charge is 0.496 e. The number of nitrogens with zero attached hydrogens (tertiary/aromatic N) is 1. The minimum Gasteiger partial charge on any atom is -0.496 e. The third-order valence-electron chi connectivity index (χ3n) is 2.98. The van der Waals surface area contributed by atoms with Crippen LogP contribution in [0.5, 0.6) is 5.75 Å². The zero-order chi connectivity index (χ0) is 15.7. The van der Waals surface area contributed by atoms with Gasteiger partial charge in [-0.05, 0) is 36.4 Å². The van der Waals surface area contributed by atoms with E-state index in [-0.39, 0.29) is 5.91 Å². The van der Waals surface area contributed by atoms with Crippen LogP contribution in [-0.2, 0) is 0 Å². The molecular formula is C15H10Cl2N2O2S. The predicted octanol–water partition coefficient (Wildman–Crippen LogP) is 4.86. The quantitative estimate of drug-likeness (QED) is 0.731. The highest BCUT2D eigenvalue weighted by molar-refractivity contribution is 7.22. The molecule has 4 nitrogen and oxygen atoms in total. The first kappa shape index (κ1) is 15.1. The lowest BCUT2D eigenvalue weighted by Crippen LogP contribution is -2.13. The number of fused-ring (bicyclic) bond motifs is 1. The minimum atomic E-state index is -0.329. The molecule has 0 unspecified atom stereocenters. The summed E-state index contributed by atoms with van der Waals surface area (Å²) in [6.45, 7) is 0. The zero-order valence-electron chi connectivity index (χ0n) is 11.4. The Hall–Kier alpha value is -1.82. The van der Waals surface area contributed by atoms with Gasteiger partial charge in [0, 0.05) is 10.0 Å². The van der Waals surface area contributed by atoms with Crippen LogP contribution in [-0.4, -0.2) is 18.0 Å². The number of rotatable bonds is 3. The van der Waals surface area contributed by atoms with Crippen LogP contribution in [0.15, 0.2) is 36.4 Å². The molecule has 1 aromatic heterocycles. The molecule has 1 amide bonds. The van der Waals surface area contributed by atoms with Gasteiger partial charge >= 0.3 is 0 Å². The average Bonchev–Trinajstić information content (AvgIpc) is 2.88. The van der Waals surface area contributed by atoms with Crippen LogP contribution in [0.4, 0.5) is 5.13 Å². The first-order chi connectivity index (χ1) is 10.6. The average molecular weight is 353 g/mol. The monoisotopic (exact) mass is 352 g/mol. The van der Waals surface area contributed by atoms with Crippen LogP contribution in [0.3, 0.4) is 0 Å². The Balaban J connectivity index is 1.91. The fourth-order valence-electron chi connectivity index (χ4n) is 1.98. The maximum absolute atomic E-state index is 12.4. The van der Waals surface area contributed by atoms with Gasteiger partial charge in [-0.2, -0.15) is 0 Å². The molecule has 0 saturated heterocycles. The summed E-state index contributed by atoms with van der Waals surface area (Å²) < 4.78 is 6.12. The Labute approximate surface area is 140 Å². The van der Waals surface area contributed by atoms with Crippen LogP contribution in [0.1, 0.15) is 10.4 Å². The van der Waals surface area contributed by atoms with Crippen molar-refractivity contribution in [1.29, 1.82) is 0 Å². The third kappa shape index (κ3) is 3.02. The number of benzene rings is 2.